The third-order valence-electron chi connectivity index (χ3n) is 1.88. The van der Waals surface area contributed by atoms with Crippen LogP contribution in [0.2, 0.25) is 5.02 Å². The van der Waals surface area contributed by atoms with Crippen molar-refractivity contribution in [3.63, 3.8) is 0 Å². The van der Waals surface area contributed by atoms with Crippen LogP contribution in [0.3, 0.4) is 0 Å². The van der Waals surface area contributed by atoms with Gasteiger partial charge in [-0.1, -0.05) is 28.0 Å². The van der Waals surface area contributed by atoms with Crippen molar-refractivity contribution in [2.24, 2.45) is 0 Å². The zero-order valence-corrected chi connectivity index (χ0v) is 10.2. The summed E-state index contributed by atoms with van der Waals surface area (Å²) < 4.78 is 5.37. The molecule has 0 spiro atoms. The Morgan fingerprint density at radius 3 is 2.82 bits per heavy atom. The van der Waals surface area contributed by atoms with Crippen LogP contribution in [0.1, 0.15) is 15.4 Å². The highest BCUT2D eigenvalue weighted by molar-refractivity contribution is 7.13. The molecule has 17 heavy (non-hydrogen) atoms. The summed E-state index contributed by atoms with van der Waals surface area (Å²) in [6.45, 7) is 1.80. The summed E-state index contributed by atoms with van der Waals surface area (Å²) in [6.07, 6.45) is 0. The summed E-state index contributed by atoms with van der Waals surface area (Å²) >= 11 is 7.01. The van der Waals surface area contributed by atoms with Crippen LogP contribution in [0.5, 0.6) is 10.9 Å². The van der Waals surface area contributed by atoms with Crippen molar-refractivity contribution in [2.45, 2.75) is 6.92 Å². The number of carbonyl (C=O) groups is 1. The lowest BCUT2D eigenvalue weighted by Gasteiger charge is -2.03. The van der Waals surface area contributed by atoms with Gasteiger partial charge >= 0.3 is 5.97 Å². The standard InChI is InChI=1S/C10H7ClN2O3S/c1-5-12-13-10(17-5)16-6-2-3-8(11)7(4-6)9(14)15/h2-4H,1H3,(H,14,15). The van der Waals surface area contributed by atoms with E-state index in [0.29, 0.717) is 10.9 Å². The Bertz CT molecular complexity index is 570. The number of benzene rings is 1. The third kappa shape index (κ3) is 2.72. The van der Waals surface area contributed by atoms with Gasteiger partial charge in [-0.25, -0.2) is 4.79 Å². The van der Waals surface area contributed by atoms with Crippen LogP contribution in [-0.2, 0) is 0 Å². The van der Waals surface area contributed by atoms with E-state index in [1.165, 1.54) is 23.5 Å². The molecule has 7 heteroatoms. The van der Waals surface area contributed by atoms with Crippen LogP contribution in [-0.4, -0.2) is 21.3 Å². The summed E-state index contributed by atoms with van der Waals surface area (Å²) in [5.74, 6) is -0.739. The minimum atomic E-state index is -1.10. The monoisotopic (exact) mass is 270 g/mol. The Balaban J connectivity index is 2.28. The van der Waals surface area contributed by atoms with Crippen LogP contribution < -0.4 is 4.74 Å². The number of aromatic carboxylic acids is 1. The maximum absolute atomic E-state index is 10.9. The molecule has 0 aliphatic carbocycles. The first-order chi connectivity index (χ1) is 8.06. The number of carboxylic acid groups (broad SMARTS) is 1. The van der Waals surface area contributed by atoms with Crippen LogP contribution in [0, 0.1) is 6.92 Å². The largest absolute Gasteiger partial charge is 0.478 e. The Morgan fingerprint density at radius 1 is 1.47 bits per heavy atom. The second kappa shape index (κ2) is 4.68. The second-order valence-corrected chi connectivity index (χ2v) is 4.69. The predicted octanol–water partition coefficient (Wildman–Crippen LogP) is 2.99. The second-order valence-electron chi connectivity index (χ2n) is 3.14. The van der Waals surface area contributed by atoms with Crippen LogP contribution in [0.4, 0.5) is 0 Å². The molecule has 0 bridgehead atoms. The fourth-order valence-electron chi connectivity index (χ4n) is 1.15. The Hall–Kier alpha value is -1.66. The van der Waals surface area contributed by atoms with Crippen molar-refractivity contribution < 1.29 is 14.6 Å². The van der Waals surface area contributed by atoms with E-state index in [-0.39, 0.29) is 10.6 Å². The lowest BCUT2D eigenvalue weighted by molar-refractivity contribution is 0.0696. The Kier molecular flexibility index (Phi) is 3.26. The molecule has 0 radical (unpaired) electrons. The molecule has 1 N–H and O–H groups in total. The molecule has 0 atom stereocenters. The van der Waals surface area contributed by atoms with Crippen molar-refractivity contribution in [2.75, 3.05) is 0 Å². The fourth-order valence-corrected chi connectivity index (χ4v) is 1.90. The first-order valence-corrected chi connectivity index (χ1v) is 5.76. The Labute approximate surface area is 106 Å². The molecule has 5 nitrogen and oxygen atoms in total. The maximum atomic E-state index is 10.9. The first-order valence-electron chi connectivity index (χ1n) is 4.57. The average Bonchev–Trinajstić information content (AvgIpc) is 2.66. The number of ether oxygens (including phenoxy) is 1. The molecule has 0 unspecified atom stereocenters. The normalized spacial score (nSPS) is 10.2. The van der Waals surface area contributed by atoms with Crippen molar-refractivity contribution >= 4 is 28.9 Å². The molecule has 2 rings (SSSR count). The van der Waals surface area contributed by atoms with Gasteiger partial charge in [-0.05, 0) is 25.1 Å². The molecule has 88 valence electrons. The quantitative estimate of drug-likeness (QED) is 0.928. The van der Waals surface area contributed by atoms with Gasteiger partial charge in [-0.2, -0.15) is 0 Å². The molecule has 0 aliphatic heterocycles. The van der Waals surface area contributed by atoms with E-state index in [0.717, 1.165) is 5.01 Å². The van der Waals surface area contributed by atoms with Crippen molar-refractivity contribution in [1.29, 1.82) is 0 Å². The number of carboxylic acids is 1. The van der Waals surface area contributed by atoms with Crippen molar-refractivity contribution in [3.05, 3.63) is 33.8 Å². The minimum Gasteiger partial charge on any atom is -0.478 e. The highest BCUT2D eigenvalue weighted by Gasteiger charge is 2.11. The molecule has 2 aromatic rings. The molecule has 0 saturated heterocycles. The Morgan fingerprint density at radius 2 is 2.24 bits per heavy atom. The maximum Gasteiger partial charge on any atom is 0.337 e. The van der Waals surface area contributed by atoms with Gasteiger partial charge in [0.05, 0.1) is 10.6 Å². The van der Waals surface area contributed by atoms with Gasteiger partial charge < -0.3 is 9.84 Å². The van der Waals surface area contributed by atoms with E-state index in [1.54, 1.807) is 13.0 Å². The number of rotatable bonds is 3. The summed E-state index contributed by atoms with van der Waals surface area (Å²) in [6, 6.07) is 4.39. The molecule has 0 saturated carbocycles. The van der Waals surface area contributed by atoms with Crippen LogP contribution >= 0.6 is 22.9 Å². The van der Waals surface area contributed by atoms with Gasteiger partial charge in [-0.3, -0.25) is 0 Å². The summed E-state index contributed by atoms with van der Waals surface area (Å²) in [7, 11) is 0. The van der Waals surface area contributed by atoms with E-state index in [2.05, 4.69) is 10.2 Å². The average molecular weight is 271 g/mol. The zero-order chi connectivity index (χ0) is 12.4. The number of aromatic nitrogens is 2. The van der Waals surface area contributed by atoms with Crippen LogP contribution in [0.15, 0.2) is 18.2 Å². The van der Waals surface area contributed by atoms with E-state index in [1.807, 2.05) is 0 Å². The van der Waals surface area contributed by atoms with E-state index >= 15 is 0 Å². The number of aryl methyl sites for hydroxylation is 1. The summed E-state index contributed by atoms with van der Waals surface area (Å²) in [4.78, 5) is 10.9. The molecular formula is C10H7ClN2O3S. The molecule has 0 aliphatic rings. The summed E-state index contributed by atoms with van der Waals surface area (Å²) in [5, 5.41) is 17.8. The smallest absolute Gasteiger partial charge is 0.337 e. The summed E-state index contributed by atoms with van der Waals surface area (Å²) in [5.41, 5.74) is -0.00889. The molecule has 0 amide bonds. The fraction of sp³-hybridized carbons (Fsp3) is 0.100. The predicted molar refractivity (Wildman–Crippen MR) is 63.1 cm³/mol. The number of halogens is 1. The van der Waals surface area contributed by atoms with Gasteiger partial charge in [0.1, 0.15) is 10.8 Å². The van der Waals surface area contributed by atoms with Gasteiger partial charge in [0.2, 0.25) is 0 Å². The molecule has 0 fully saturated rings. The van der Waals surface area contributed by atoms with Gasteiger partial charge in [0.15, 0.2) is 0 Å². The molecular weight excluding hydrogens is 264 g/mol. The van der Waals surface area contributed by atoms with E-state index < -0.39 is 5.97 Å². The van der Waals surface area contributed by atoms with Crippen LogP contribution in [0.25, 0.3) is 0 Å². The number of hydrogen-bond acceptors (Lipinski definition) is 5. The minimum absolute atomic E-state index is 0.00889. The lowest BCUT2D eigenvalue weighted by atomic mass is 10.2. The SMILES string of the molecule is Cc1nnc(Oc2ccc(Cl)c(C(=O)O)c2)s1. The van der Waals surface area contributed by atoms with Gasteiger partial charge in [0, 0.05) is 0 Å². The van der Waals surface area contributed by atoms with E-state index in [4.69, 9.17) is 21.4 Å². The highest BCUT2D eigenvalue weighted by Crippen LogP contribution is 2.28. The van der Waals surface area contributed by atoms with Crippen molar-refractivity contribution in [1.82, 2.24) is 10.2 Å². The van der Waals surface area contributed by atoms with Crippen molar-refractivity contribution in [3.8, 4) is 10.9 Å². The third-order valence-corrected chi connectivity index (χ3v) is 2.93. The van der Waals surface area contributed by atoms with Gasteiger partial charge in [-0.15, -0.1) is 5.10 Å². The van der Waals surface area contributed by atoms with Gasteiger partial charge in [0.25, 0.3) is 5.19 Å². The molecule has 1 heterocycles. The van der Waals surface area contributed by atoms with E-state index in [9.17, 15) is 4.79 Å². The highest BCUT2D eigenvalue weighted by atomic mass is 35.5. The number of hydrogen-bond donors (Lipinski definition) is 1. The topological polar surface area (TPSA) is 72.3 Å². The lowest BCUT2D eigenvalue weighted by Crippen LogP contribution is -1.97. The molecule has 1 aromatic carbocycles. The first kappa shape index (κ1) is 11.8. The number of nitrogens with zero attached hydrogens (tertiary/aromatic N) is 2. The molecule has 1 aromatic heterocycles. The zero-order valence-electron chi connectivity index (χ0n) is 8.68.